The Kier molecular flexibility index (Phi) is 4.05. The van der Waals surface area contributed by atoms with E-state index >= 15 is 0 Å². The highest BCUT2D eigenvalue weighted by molar-refractivity contribution is 5.38. The fraction of sp³-hybridized carbons (Fsp3) is 0.438. The number of nitrogens with zero attached hydrogens (tertiary/aromatic N) is 2. The topological polar surface area (TPSA) is 38.0 Å². The van der Waals surface area contributed by atoms with Gasteiger partial charge in [0.1, 0.15) is 6.10 Å². The maximum absolute atomic E-state index is 10.7. The van der Waals surface area contributed by atoms with Crippen LogP contribution in [0.25, 0.3) is 0 Å². The van der Waals surface area contributed by atoms with Crippen molar-refractivity contribution in [3.63, 3.8) is 0 Å². The van der Waals surface area contributed by atoms with E-state index in [0.717, 1.165) is 35.5 Å². The highest BCUT2D eigenvalue weighted by Crippen LogP contribution is 2.27. The first-order valence-electron chi connectivity index (χ1n) is 6.89. The number of aryl methyl sites for hydroxylation is 3. The van der Waals surface area contributed by atoms with E-state index in [4.69, 9.17) is 0 Å². The molecule has 0 amide bonds. The third kappa shape index (κ3) is 2.56. The third-order valence-electron chi connectivity index (χ3n) is 3.74. The Hall–Kier alpha value is -1.61. The summed E-state index contributed by atoms with van der Waals surface area (Å²) in [4.78, 5) is 0. The van der Waals surface area contributed by atoms with Crippen molar-refractivity contribution in [2.75, 3.05) is 0 Å². The molecule has 0 aliphatic rings. The van der Waals surface area contributed by atoms with Crippen molar-refractivity contribution in [1.82, 2.24) is 9.78 Å². The normalized spacial score (nSPS) is 12.7. The van der Waals surface area contributed by atoms with Gasteiger partial charge in [-0.25, -0.2) is 0 Å². The minimum atomic E-state index is -0.604. The van der Waals surface area contributed by atoms with E-state index in [0.29, 0.717) is 0 Å². The van der Waals surface area contributed by atoms with E-state index in [-0.39, 0.29) is 0 Å². The molecule has 0 spiro atoms. The molecule has 1 N–H and O–H groups in total. The first-order chi connectivity index (χ1) is 9.08. The average molecular weight is 258 g/mol. The minimum absolute atomic E-state index is 0.604. The van der Waals surface area contributed by atoms with Crippen LogP contribution in [0, 0.1) is 13.8 Å². The van der Waals surface area contributed by atoms with Gasteiger partial charge in [-0.3, -0.25) is 4.68 Å². The molecule has 1 aromatic carbocycles. The Morgan fingerprint density at radius 3 is 2.63 bits per heavy atom. The van der Waals surface area contributed by atoms with Gasteiger partial charge in [-0.1, -0.05) is 25.1 Å². The Balaban J connectivity index is 2.46. The summed E-state index contributed by atoms with van der Waals surface area (Å²) in [5.74, 6) is 0. The van der Waals surface area contributed by atoms with Gasteiger partial charge in [0.2, 0.25) is 0 Å². The smallest absolute Gasteiger partial charge is 0.121 e. The minimum Gasteiger partial charge on any atom is -0.382 e. The molecular formula is C16H22N2O. The van der Waals surface area contributed by atoms with Crippen LogP contribution in [0.1, 0.15) is 48.0 Å². The summed E-state index contributed by atoms with van der Waals surface area (Å²) in [5.41, 5.74) is 5.23. The predicted octanol–water partition coefficient (Wildman–Crippen LogP) is 3.16. The monoisotopic (exact) mass is 258 g/mol. The van der Waals surface area contributed by atoms with Gasteiger partial charge in [0.25, 0.3) is 0 Å². The molecule has 0 saturated carbocycles. The summed E-state index contributed by atoms with van der Waals surface area (Å²) in [6, 6.07) is 8.07. The van der Waals surface area contributed by atoms with Gasteiger partial charge in [0.15, 0.2) is 0 Å². The molecule has 0 aliphatic heterocycles. The lowest BCUT2D eigenvalue weighted by atomic mass is 9.97. The molecule has 2 rings (SSSR count). The quantitative estimate of drug-likeness (QED) is 0.914. The molecule has 19 heavy (non-hydrogen) atoms. The largest absolute Gasteiger partial charge is 0.382 e. The van der Waals surface area contributed by atoms with Gasteiger partial charge >= 0.3 is 0 Å². The Morgan fingerprint density at radius 1 is 1.26 bits per heavy atom. The van der Waals surface area contributed by atoms with Crippen molar-refractivity contribution in [2.24, 2.45) is 0 Å². The van der Waals surface area contributed by atoms with Crippen molar-refractivity contribution in [3.05, 3.63) is 52.3 Å². The number of aliphatic hydroxyl groups is 1. The van der Waals surface area contributed by atoms with Crippen molar-refractivity contribution < 1.29 is 5.11 Å². The zero-order valence-corrected chi connectivity index (χ0v) is 12.1. The van der Waals surface area contributed by atoms with Crippen molar-refractivity contribution >= 4 is 0 Å². The lowest BCUT2D eigenvalue weighted by molar-refractivity contribution is 0.207. The summed E-state index contributed by atoms with van der Waals surface area (Å²) < 4.78 is 1.89. The first-order valence-corrected chi connectivity index (χ1v) is 6.89. The van der Waals surface area contributed by atoms with Crippen LogP contribution in [-0.2, 0) is 13.0 Å². The molecule has 0 saturated heterocycles. The zero-order chi connectivity index (χ0) is 14.0. The second kappa shape index (κ2) is 5.57. The van der Waals surface area contributed by atoms with E-state index in [1.54, 1.807) is 0 Å². The van der Waals surface area contributed by atoms with Crippen LogP contribution in [0.15, 0.2) is 24.3 Å². The lowest BCUT2D eigenvalue weighted by Gasteiger charge is -2.16. The van der Waals surface area contributed by atoms with Crippen molar-refractivity contribution in [1.29, 1.82) is 0 Å². The van der Waals surface area contributed by atoms with E-state index in [2.05, 4.69) is 31.9 Å². The summed E-state index contributed by atoms with van der Waals surface area (Å²) in [7, 11) is 0. The van der Waals surface area contributed by atoms with E-state index in [9.17, 15) is 5.11 Å². The van der Waals surface area contributed by atoms with Gasteiger partial charge in [-0.2, -0.15) is 5.10 Å². The molecule has 1 unspecified atom stereocenters. The predicted molar refractivity (Wildman–Crippen MR) is 77.3 cm³/mol. The van der Waals surface area contributed by atoms with E-state index in [1.165, 1.54) is 5.56 Å². The van der Waals surface area contributed by atoms with Crippen LogP contribution in [-0.4, -0.2) is 14.9 Å². The maximum atomic E-state index is 10.7. The fourth-order valence-electron chi connectivity index (χ4n) is 2.36. The van der Waals surface area contributed by atoms with Crippen LogP contribution in [0.3, 0.4) is 0 Å². The average Bonchev–Trinajstić information content (AvgIpc) is 2.84. The molecule has 0 radical (unpaired) electrons. The Bertz CT molecular complexity index is 572. The highest BCUT2D eigenvalue weighted by atomic mass is 16.3. The molecule has 3 heteroatoms. The summed E-state index contributed by atoms with van der Waals surface area (Å²) in [6.45, 7) is 9.03. The molecule has 102 valence electrons. The molecule has 1 atom stereocenters. The van der Waals surface area contributed by atoms with E-state index in [1.807, 2.05) is 29.8 Å². The number of aromatic nitrogens is 2. The van der Waals surface area contributed by atoms with Crippen LogP contribution >= 0.6 is 0 Å². The van der Waals surface area contributed by atoms with Gasteiger partial charge < -0.3 is 5.11 Å². The van der Waals surface area contributed by atoms with Gasteiger partial charge in [-0.15, -0.1) is 0 Å². The van der Waals surface area contributed by atoms with Gasteiger partial charge in [-0.05, 0) is 49.9 Å². The van der Waals surface area contributed by atoms with Gasteiger partial charge in [0, 0.05) is 6.54 Å². The van der Waals surface area contributed by atoms with Gasteiger partial charge in [0.05, 0.1) is 11.4 Å². The van der Waals surface area contributed by atoms with Crippen molar-refractivity contribution in [2.45, 2.75) is 46.8 Å². The molecule has 2 aromatic rings. The number of benzene rings is 1. The standard InChI is InChI=1S/C16H22N2O/c1-5-13-10-15(18(6-2)17-13)16(19)14-9-7-8-11(3)12(14)4/h7-10,16,19H,5-6H2,1-4H3. The number of hydrogen-bond donors (Lipinski definition) is 1. The highest BCUT2D eigenvalue weighted by Gasteiger charge is 2.18. The molecule has 0 aliphatic carbocycles. The molecule has 1 heterocycles. The molecule has 0 bridgehead atoms. The molecule has 1 aromatic heterocycles. The first kappa shape index (κ1) is 13.8. The molecular weight excluding hydrogens is 236 g/mol. The number of hydrogen-bond acceptors (Lipinski definition) is 2. The van der Waals surface area contributed by atoms with Crippen LogP contribution in [0.5, 0.6) is 0 Å². The lowest BCUT2D eigenvalue weighted by Crippen LogP contribution is -2.10. The summed E-state index contributed by atoms with van der Waals surface area (Å²) in [5, 5.41) is 15.2. The number of aliphatic hydroxyl groups excluding tert-OH is 1. The van der Waals surface area contributed by atoms with Crippen LogP contribution in [0.2, 0.25) is 0 Å². The SMILES string of the molecule is CCc1cc(C(O)c2cccc(C)c2C)n(CC)n1. The maximum Gasteiger partial charge on any atom is 0.121 e. The second-order valence-corrected chi connectivity index (χ2v) is 4.92. The van der Waals surface area contributed by atoms with Crippen LogP contribution < -0.4 is 0 Å². The third-order valence-corrected chi connectivity index (χ3v) is 3.74. The van der Waals surface area contributed by atoms with Crippen LogP contribution in [0.4, 0.5) is 0 Å². The summed E-state index contributed by atoms with van der Waals surface area (Å²) >= 11 is 0. The fourth-order valence-corrected chi connectivity index (χ4v) is 2.36. The molecule has 3 nitrogen and oxygen atoms in total. The summed E-state index contributed by atoms with van der Waals surface area (Å²) in [6.07, 6.45) is 0.284. The Labute approximate surface area is 114 Å². The second-order valence-electron chi connectivity index (χ2n) is 4.92. The van der Waals surface area contributed by atoms with Crippen molar-refractivity contribution in [3.8, 4) is 0 Å². The zero-order valence-electron chi connectivity index (χ0n) is 12.1. The number of rotatable bonds is 4. The Morgan fingerprint density at radius 2 is 2.00 bits per heavy atom. The van der Waals surface area contributed by atoms with E-state index < -0.39 is 6.10 Å². The molecule has 0 fully saturated rings.